The summed E-state index contributed by atoms with van der Waals surface area (Å²) in [5, 5.41) is 3.49. The molecule has 2 fully saturated rings. The molecular formula is C18H22N4O3. The van der Waals surface area contributed by atoms with Gasteiger partial charge in [0.1, 0.15) is 5.82 Å². The first kappa shape index (κ1) is 16.1. The Labute approximate surface area is 146 Å². The lowest BCUT2D eigenvalue weighted by molar-refractivity contribution is -0.0721. The van der Waals surface area contributed by atoms with Gasteiger partial charge in [-0.15, -0.1) is 0 Å². The molecule has 0 unspecified atom stereocenters. The fraction of sp³-hybridized carbons (Fsp3) is 0.500. The van der Waals surface area contributed by atoms with Crippen LogP contribution in [0.2, 0.25) is 0 Å². The number of carbonyl (C=O) groups excluding carboxylic acids is 1. The highest BCUT2D eigenvalue weighted by Crippen LogP contribution is 2.35. The number of likely N-dealkylation sites (tertiary alicyclic amines) is 1. The normalized spacial score (nSPS) is 26.1. The van der Waals surface area contributed by atoms with E-state index in [1.54, 1.807) is 13.1 Å². The van der Waals surface area contributed by atoms with Gasteiger partial charge in [0.25, 0.3) is 5.91 Å². The molecule has 4 heterocycles. The van der Waals surface area contributed by atoms with Gasteiger partial charge in [0, 0.05) is 25.4 Å². The zero-order valence-electron chi connectivity index (χ0n) is 14.3. The molecule has 2 atom stereocenters. The van der Waals surface area contributed by atoms with Crippen LogP contribution >= 0.6 is 0 Å². The lowest BCUT2D eigenvalue weighted by Crippen LogP contribution is -2.47. The van der Waals surface area contributed by atoms with Gasteiger partial charge in [-0.25, -0.2) is 9.97 Å². The Bertz CT molecular complexity index is 748. The predicted octanol–water partition coefficient (Wildman–Crippen LogP) is 2.25. The summed E-state index contributed by atoms with van der Waals surface area (Å²) in [5.41, 5.74) is 0.346. The predicted molar refractivity (Wildman–Crippen MR) is 91.3 cm³/mol. The van der Waals surface area contributed by atoms with Crippen LogP contribution in [0.25, 0.3) is 0 Å². The highest BCUT2D eigenvalue weighted by Gasteiger charge is 2.45. The molecule has 1 spiro atoms. The van der Waals surface area contributed by atoms with Crippen LogP contribution in [0.1, 0.15) is 35.5 Å². The molecule has 0 radical (unpaired) electrons. The summed E-state index contributed by atoms with van der Waals surface area (Å²) in [6.45, 7) is 3.74. The lowest BCUT2D eigenvalue weighted by atomic mass is 9.89. The molecule has 132 valence electrons. The second-order valence-corrected chi connectivity index (χ2v) is 6.82. The van der Waals surface area contributed by atoms with E-state index in [0.29, 0.717) is 37.2 Å². The smallest absolute Gasteiger partial charge is 0.291 e. The average Bonchev–Trinajstić information content (AvgIpc) is 3.22. The number of rotatable bonds is 3. The van der Waals surface area contributed by atoms with Gasteiger partial charge in [-0.05, 0) is 38.3 Å². The van der Waals surface area contributed by atoms with Gasteiger partial charge < -0.3 is 19.4 Å². The van der Waals surface area contributed by atoms with Crippen molar-refractivity contribution in [3.05, 3.63) is 42.2 Å². The van der Waals surface area contributed by atoms with Crippen molar-refractivity contribution < 1.29 is 13.9 Å². The number of nitrogens with one attached hydrogen (secondary N) is 1. The summed E-state index contributed by atoms with van der Waals surface area (Å²) in [6.07, 6.45) is 5.74. The van der Waals surface area contributed by atoms with Gasteiger partial charge >= 0.3 is 0 Å². The Morgan fingerprint density at radius 1 is 1.40 bits per heavy atom. The van der Waals surface area contributed by atoms with Crippen LogP contribution in [-0.4, -0.2) is 52.1 Å². The van der Waals surface area contributed by atoms with Crippen molar-refractivity contribution in [1.29, 1.82) is 0 Å². The van der Waals surface area contributed by atoms with Gasteiger partial charge in [0.2, 0.25) is 5.76 Å². The zero-order chi connectivity index (χ0) is 17.3. The standard InChI is InChI=1S/C18H22N4O3/c1-13-16(24-12-20-13)17(23)22-8-6-18(11-22)10-14(5-9-25-18)21-15-4-2-3-7-19-15/h2-4,7,12,14H,5-6,8-11H2,1H3,(H,19,21)/t14-,18-/m0/s1. The fourth-order valence-electron chi connectivity index (χ4n) is 3.76. The number of ether oxygens (including phenoxy) is 1. The van der Waals surface area contributed by atoms with Crippen LogP contribution in [0.3, 0.4) is 0 Å². The van der Waals surface area contributed by atoms with Crippen LogP contribution in [0.5, 0.6) is 0 Å². The van der Waals surface area contributed by atoms with Crippen molar-refractivity contribution in [2.45, 2.75) is 37.8 Å². The highest BCUT2D eigenvalue weighted by molar-refractivity contribution is 5.92. The van der Waals surface area contributed by atoms with E-state index in [-0.39, 0.29) is 11.5 Å². The number of pyridine rings is 1. The summed E-state index contributed by atoms with van der Waals surface area (Å²) in [5.74, 6) is 1.11. The Morgan fingerprint density at radius 2 is 2.32 bits per heavy atom. The molecule has 1 amide bonds. The molecule has 4 rings (SSSR count). The number of hydrogen-bond donors (Lipinski definition) is 1. The Balaban J connectivity index is 1.42. The number of aryl methyl sites for hydroxylation is 1. The number of nitrogens with zero attached hydrogens (tertiary/aromatic N) is 3. The largest absolute Gasteiger partial charge is 0.438 e. The van der Waals surface area contributed by atoms with E-state index in [2.05, 4.69) is 15.3 Å². The summed E-state index contributed by atoms with van der Waals surface area (Å²) in [6, 6.07) is 6.15. The molecule has 0 saturated carbocycles. The van der Waals surface area contributed by atoms with E-state index in [4.69, 9.17) is 9.15 Å². The summed E-state index contributed by atoms with van der Waals surface area (Å²) in [4.78, 5) is 22.8. The molecule has 2 saturated heterocycles. The van der Waals surface area contributed by atoms with Gasteiger partial charge in [-0.2, -0.15) is 0 Å². The third kappa shape index (κ3) is 3.24. The maximum atomic E-state index is 12.6. The van der Waals surface area contributed by atoms with Crippen LogP contribution in [0, 0.1) is 6.92 Å². The number of amides is 1. The quantitative estimate of drug-likeness (QED) is 0.921. The monoisotopic (exact) mass is 342 g/mol. The minimum Gasteiger partial charge on any atom is -0.438 e. The minimum atomic E-state index is -0.283. The number of hydrogen-bond acceptors (Lipinski definition) is 6. The summed E-state index contributed by atoms with van der Waals surface area (Å²) < 4.78 is 11.4. The molecule has 0 aromatic carbocycles. The first-order valence-corrected chi connectivity index (χ1v) is 8.66. The number of anilines is 1. The number of aromatic nitrogens is 2. The summed E-state index contributed by atoms with van der Waals surface area (Å²) in [7, 11) is 0. The van der Waals surface area contributed by atoms with Crippen molar-refractivity contribution >= 4 is 11.7 Å². The molecule has 2 aromatic heterocycles. The molecular weight excluding hydrogens is 320 g/mol. The van der Waals surface area contributed by atoms with Crippen molar-refractivity contribution in [3.8, 4) is 0 Å². The zero-order valence-corrected chi connectivity index (χ0v) is 14.3. The van der Waals surface area contributed by atoms with Crippen LogP contribution in [0.4, 0.5) is 5.82 Å². The molecule has 25 heavy (non-hydrogen) atoms. The van der Waals surface area contributed by atoms with E-state index >= 15 is 0 Å². The van der Waals surface area contributed by atoms with Gasteiger partial charge in [-0.3, -0.25) is 4.79 Å². The van der Waals surface area contributed by atoms with E-state index in [9.17, 15) is 4.79 Å². The Morgan fingerprint density at radius 3 is 3.08 bits per heavy atom. The van der Waals surface area contributed by atoms with Gasteiger partial charge in [-0.1, -0.05) is 6.07 Å². The first-order chi connectivity index (χ1) is 12.2. The van der Waals surface area contributed by atoms with Gasteiger partial charge in [0.05, 0.1) is 17.8 Å². The maximum absolute atomic E-state index is 12.6. The minimum absolute atomic E-state index is 0.102. The molecule has 7 nitrogen and oxygen atoms in total. The lowest BCUT2D eigenvalue weighted by Gasteiger charge is -2.38. The second-order valence-electron chi connectivity index (χ2n) is 6.82. The molecule has 0 bridgehead atoms. The summed E-state index contributed by atoms with van der Waals surface area (Å²) >= 11 is 0. The average molecular weight is 342 g/mol. The highest BCUT2D eigenvalue weighted by atomic mass is 16.5. The third-order valence-corrected chi connectivity index (χ3v) is 5.05. The topological polar surface area (TPSA) is 80.5 Å². The van der Waals surface area contributed by atoms with Gasteiger partial charge in [0.15, 0.2) is 6.39 Å². The van der Waals surface area contributed by atoms with E-state index < -0.39 is 0 Å². The first-order valence-electron chi connectivity index (χ1n) is 8.66. The molecule has 7 heteroatoms. The van der Waals surface area contributed by atoms with Crippen molar-refractivity contribution in [1.82, 2.24) is 14.9 Å². The van der Waals surface area contributed by atoms with Crippen molar-refractivity contribution in [3.63, 3.8) is 0 Å². The Hall–Kier alpha value is -2.41. The van der Waals surface area contributed by atoms with Crippen LogP contribution in [0.15, 0.2) is 35.2 Å². The third-order valence-electron chi connectivity index (χ3n) is 5.05. The van der Waals surface area contributed by atoms with Crippen LogP contribution < -0.4 is 5.32 Å². The van der Waals surface area contributed by atoms with Crippen LogP contribution in [-0.2, 0) is 4.74 Å². The van der Waals surface area contributed by atoms with E-state index in [0.717, 1.165) is 25.1 Å². The second kappa shape index (κ2) is 6.48. The van der Waals surface area contributed by atoms with E-state index in [1.165, 1.54) is 6.39 Å². The van der Waals surface area contributed by atoms with E-state index in [1.807, 2.05) is 23.1 Å². The van der Waals surface area contributed by atoms with Crippen molar-refractivity contribution in [2.24, 2.45) is 0 Å². The molecule has 2 aliphatic rings. The maximum Gasteiger partial charge on any atom is 0.291 e. The Kier molecular flexibility index (Phi) is 4.17. The fourth-order valence-corrected chi connectivity index (χ4v) is 3.76. The number of carbonyl (C=O) groups is 1. The SMILES string of the molecule is Cc1ncoc1C(=O)N1CC[C@]2(C[C@@H](Nc3ccccn3)CCO2)C1. The molecule has 2 aliphatic heterocycles. The van der Waals surface area contributed by atoms with Crippen molar-refractivity contribution in [2.75, 3.05) is 25.0 Å². The molecule has 0 aliphatic carbocycles. The molecule has 1 N–H and O–H groups in total. The number of oxazole rings is 1. The molecule has 2 aromatic rings.